The van der Waals surface area contributed by atoms with Crippen molar-refractivity contribution in [2.24, 2.45) is 0 Å². The summed E-state index contributed by atoms with van der Waals surface area (Å²) < 4.78 is 9.45. The van der Waals surface area contributed by atoms with Crippen molar-refractivity contribution < 1.29 is 4.42 Å². The van der Waals surface area contributed by atoms with E-state index in [-0.39, 0.29) is 6.04 Å². The quantitative estimate of drug-likeness (QED) is 0.153. The molecule has 11 aromatic rings. The number of nitrogens with zero attached hydrogens (tertiary/aromatic N) is 3. The number of furan rings is 1. The molecule has 4 heteroatoms. The molecule has 0 saturated heterocycles. The Morgan fingerprint density at radius 3 is 1.80 bits per heavy atom. The molecule has 0 spiro atoms. The van der Waals surface area contributed by atoms with Crippen LogP contribution in [-0.2, 0) is 5.41 Å². The summed E-state index contributed by atoms with van der Waals surface area (Å²) in [5.74, 6) is 0.996. The van der Waals surface area contributed by atoms with Crippen molar-refractivity contribution in [1.82, 2.24) is 9.55 Å². The third-order valence-corrected chi connectivity index (χ3v) is 13.9. The van der Waals surface area contributed by atoms with Gasteiger partial charge in [-0.2, -0.15) is 0 Å². The monoisotopic (exact) mass is 845 g/mol. The molecule has 8 aromatic carbocycles. The number of hydrogen-bond acceptors (Lipinski definition) is 3. The fourth-order valence-corrected chi connectivity index (χ4v) is 11.0. The average Bonchev–Trinajstić information content (AvgIpc) is 4.04. The molecule has 1 atom stereocenters. The number of para-hydroxylation sites is 3. The van der Waals surface area contributed by atoms with Crippen molar-refractivity contribution in [1.29, 1.82) is 0 Å². The molecule has 0 N–H and O–H groups in total. The zero-order valence-electron chi connectivity index (χ0n) is 36.1. The Labute approximate surface area is 383 Å². The van der Waals surface area contributed by atoms with Crippen LogP contribution in [0.3, 0.4) is 0 Å². The summed E-state index contributed by atoms with van der Waals surface area (Å²) in [5.41, 5.74) is 16.7. The van der Waals surface area contributed by atoms with Crippen molar-refractivity contribution in [2.75, 3.05) is 4.90 Å². The van der Waals surface area contributed by atoms with Crippen LogP contribution in [0.1, 0.15) is 28.9 Å². The number of aromatic nitrogens is 2. The molecule has 0 aliphatic heterocycles. The third-order valence-electron chi connectivity index (χ3n) is 13.9. The first-order valence-electron chi connectivity index (χ1n) is 22.8. The number of allylic oxidation sites excluding steroid dienone is 2. The first-order valence-corrected chi connectivity index (χ1v) is 22.8. The second kappa shape index (κ2) is 15.4. The predicted molar refractivity (Wildman–Crippen MR) is 271 cm³/mol. The number of anilines is 2. The summed E-state index contributed by atoms with van der Waals surface area (Å²) >= 11 is 0. The normalized spacial score (nSPS) is 15.1. The minimum absolute atomic E-state index is 0.0159. The number of rotatable bonds is 8. The molecule has 3 heterocycles. The Kier molecular flexibility index (Phi) is 8.85. The number of pyridine rings is 1. The Morgan fingerprint density at radius 2 is 1.11 bits per heavy atom. The maximum Gasteiger partial charge on any atom is 0.135 e. The van der Waals surface area contributed by atoms with E-state index < -0.39 is 5.41 Å². The lowest BCUT2D eigenvalue weighted by Crippen LogP contribution is -2.36. The van der Waals surface area contributed by atoms with E-state index >= 15 is 0 Å². The molecule has 0 bridgehead atoms. The highest BCUT2D eigenvalue weighted by molar-refractivity contribution is 6.10. The van der Waals surface area contributed by atoms with Crippen LogP contribution in [0, 0.1) is 0 Å². The number of benzene rings is 8. The van der Waals surface area contributed by atoms with E-state index in [9.17, 15) is 0 Å². The minimum atomic E-state index is -0.629. The molecule has 1 unspecified atom stereocenters. The molecular weight excluding hydrogens is 803 g/mol. The van der Waals surface area contributed by atoms with Gasteiger partial charge in [0, 0.05) is 50.5 Å². The van der Waals surface area contributed by atoms with Gasteiger partial charge in [0.15, 0.2) is 0 Å². The molecule has 4 nitrogen and oxygen atoms in total. The van der Waals surface area contributed by atoms with Gasteiger partial charge in [0.25, 0.3) is 0 Å². The van der Waals surface area contributed by atoms with Crippen molar-refractivity contribution in [3.05, 3.63) is 271 Å². The molecule has 2 aliphatic carbocycles. The summed E-state index contributed by atoms with van der Waals surface area (Å²) in [6, 6.07) is 80.9. The van der Waals surface area contributed by atoms with Crippen molar-refractivity contribution in [2.45, 2.75) is 17.9 Å². The molecule has 312 valence electrons. The summed E-state index contributed by atoms with van der Waals surface area (Å²) in [5, 5.41) is 3.64. The average molecular weight is 846 g/mol. The van der Waals surface area contributed by atoms with E-state index in [0.29, 0.717) is 0 Å². The van der Waals surface area contributed by atoms with E-state index in [1.807, 2.05) is 18.3 Å². The first-order chi connectivity index (χ1) is 32.7. The molecular formula is C62H43N3O. The van der Waals surface area contributed by atoms with Gasteiger partial charge in [-0.3, -0.25) is 4.98 Å². The lowest BCUT2D eigenvalue weighted by molar-refractivity contribution is 0.483. The van der Waals surface area contributed by atoms with Crippen LogP contribution in [0.5, 0.6) is 0 Å². The molecule has 13 rings (SSSR count). The van der Waals surface area contributed by atoms with Gasteiger partial charge in [-0.25, -0.2) is 0 Å². The highest BCUT2D eigenvalue weighted by Crippen LogP contribution is 2.60. The lowest BCUT2D eigenvalue weighted by atomic mass is 9.67. The molecule has 0 fully saturated rings. The molecule has 66 heavy (non-hydrogen) atoms. The standard InChI is InChI=1S/C62H43N3O/c1-4-16-45(17-5-1)62(46-18-6-2-7-19-46)55-41-50(36-37-52(55)60-53-23-11-13-26-59(53)66-61(60)62)64(49-34-29-43(30-35-49)56-24-14-15-39-63-56)48-32-27-42(28-33-48)44-31-38-58-54(40-44)51-22-10-12-25-57(51)65(58)47-20-8-3-9-21-47/h1-40,50H,41H2. The maximum atomic E-state index is 7.08. The van der Waals surface area contributed by atoms with Crippen LogP contribution in [0.2, 0.25) is 0 Å². The Hall–Kier alpha value is -8.47. The van der Waals surface area contributed by atoms with Gasteiger partial charge in [-0.05, 0) is 113 Å². The Morgan fingerprint density at radius 1 is 0.515 bits per heavy atom. The van der Waals surface area contributed by atoms with Gasteiger partial charge in [-0.15, -0.1) is 0 Å². The first kappa shape index (κ1) is 38.0. The smallest absolute Gasteiger partial charge is 0.135 e. The Balaban J connectivity index is 0.943. The molecule has 2 aliphatic rings. The predicted octanol–water partition coefficient (Wildman–Crippen LogP) is 15.5. The molecule has 3 aromatic heterocycles. The fourth-order valence-electron chi connectivity index (χ4n) is 11.0. The topological polar surface area (TPSA) is 34.2 Å². The summed E-state index contributed by atoms with van der Waals surface area (Å²) in [6.07, 6.45) is 7.42. The largest absolute Gasteiger partial charge is 0.459 e. The van der Waals surface area contributed by atoms with Crippen LogP contribution >= 0.6 is 0 Å². The van der Waals surface area contributed by atoms with Crippen molar-refractivity contribution >= 4 is 49.7 Å². The SMILES string of the molecule is C1=CC(N(c2ccc(-c3ccc4c(c3)c3ccccc3n4-c3ccccc3)cc2)c2ccc(-c3ccccn3)cc2)CC2=C1c1c(oc3ccccc13)C2(c1ccccc1)c1ccccc1. The van der Waals surface area contributed by atoms with Gasteiger partial charge in [-0.1, -0.05) is 164 Å². The van der Waals surface area contributed by atoms with Gasteiger partial charge in [0.1, 0.15) is 16.8 Å². The molecule has 0 radical (unpaired) electrons. The number of hydrogen-bond donors (Lipinski definition) is 0. The lowest BCUT2D eigenvalue weighted by Gasteiger charge is -2.39. The van der Waals surface area contributed by atoms with E-state index in [4.69, 9.17) is 4.42 Å². The van der Waals surface area contributed by atoms with Crippen LogP contribution in [0.25, 0.3) is 66.4 Å². The van der Waals surface area contributed by atoms with Gasteiger partial charge < -0.3 is 13.9 Å². The van der Waals surface area contributed by atoms with Crippen molar-refractivity contribution in [3.8, 4) is 28.1 Å². The van der Waals surface area contributed by atoms with E-state index in [1.54, 1.807) is 0 Å². The fraction of sp³-hybridized carbons (Fsp3) is 0.0484. The zero-order chi connectivity index (χ0) is 43.6. The third kappa shape index (κ3) is 5.88. The second-order valence-corrected chi connectivity index (χ2v) is 17.4. The Bertz CT molecular complexity index is 3600. The summed E-state index contributed by atoms with van der Waals surface area (Å²) in [6.45, 7) is 0. The second-order valence-electron chi connectivity index (χ2n) is 17.4. The zero-order valence-corrected chi connectivity index (χ0v) is 36.1. The van der Waals surface area contributed by atoms with E-state index in [1.165, 1.54) is 60.8 Å². The van der Waals surface area contributed by atoms with Gasteiger partial charge >= 0.3 is 0 Å². The molecule has 0 amide bonds. The van der Waals surface area contributed by atoms with Crippen molar-refractivity contribution in [3.63, 3.8) is 0 Å². The summed E-state index contributed by atoms with van der Waals surface area (Å²) in [7, 11) is 0. The molecule has 0 saturated carbocycles. The van der Waals surface area contributed by atoms with Gasteiger partial charge in [0.05, 0.1) is 22.8 Å². The maximum absolute atomic E-state index is 7.08. The van der Waals surface area contributed by atoms with Crippen LogP contribution in [0.15, 0.2) is 253 Å². The van der Waals surface area contributed by atoms with Gasteiger partial charge in [0.2, 0.25) is 0 Å². The van der Waals surface area contributed by atoms with Crippen LogP contribution in [0.4, 0.5) is 11.4 Å². The van der Waals surface area contributed by atoms with E-state index in [0.717, 1.165) is 51.5 Å². The highest BCUT2D eigenvalue weighted by Gasteiger charge is 2.52. The van der Waals surface area contributed by atoms with Crippen LogP contribution < -0.4 is 4.90 Å². The van der Waals surface area contributed by atoms with E-state index in [2.05, 4.69) is 239 Å². The highest BCUT2D eigenvalue weighted by atomic mass is 16.3. The number of fused-ring (bicyclic) bond motifs is 7. The van der Waals surface area contributed by atoms with Crippen LogP contribution in [-0.4, -0.2) is 15.6 Å². The summed E-state index contributed by atoms with van der Waals surface area (Å²) in [4.78, 5) is 7.18. The minimum Gasteiger partial charge on any atom is -0.459 e.